The Hall–Kier alpha value is -2.13. The molecule has 0 aliphatic rings. The third kappa shape index (κ3) is 5.04. The second-order valence-electron chi connectivity index (χ2n) is 4.72. The van der Waals surface area contributed by atoms with Crippen molar-refractivity contribution in [1.82, 2.24) is 5.43 Å². The highest BCUT2D eigenvalue weighted by Crippen LogP contribution is 2.10. The van der Waals surface area contributed by atoms with Gasteiger partial charge in [0.2, 0.25) is 5.91 Å². The SMILES string of the molecule is C/C(=N/NC(=O)CCc1ccccc1)c1ccc(Cl)cc1. The minimum atomic E-state index is -0.0906. The number of rotatable bonds is 5. The lowest BCUT2D eigenvalue weighted by molar-refractivity contribution is -0.121. The predicted molar refractivity (Wildman–Crippen MR) is 86.6 cm³/mol. The molecule has 21 heavy (non-hydrogen) atoms. The molecular formula is C17H17ClN2O. The average molecular weight is 301 g/mol. The molecule has 1 N–H and O–H groups in total. The van der Waals surface area contributed by atoms with E-state index in [-0.39, 0.29) is 5.91 Å². The molecule has 0 bridgehead atoms. The van der Waals surface area contributed by atoms with E-state index >= 15 is 0 Å². The molecule has 0 saturated carbocycles. The summed E-state index contributed by atoms with van der Waals surface area (Å²) in [5.41, 5.74) is 5.41. The van der Waals surface area contributed by atoms with Crippen LogP contribution in [-0.2, 0) is 11.2 Å². The van der Waals surface area contributed by atoms with E-state index in [2.05, 4.69) is 10.5 Å². The number of nitrogens with zero attached hydrogens (tertiary/aromatic N) is 1. The zero-order valence-corrected chi connectivity index (χ0v) is 12.6. The highest BCUT2D eigenvalue weighted by atomic mass is 35.5. The minimum Gasteiger partial charge on any atom is -0.273 e. The van der Waals surface area contributed by atoms with Gasteiger partial charge in [0.25, 0.3) is 0 Å². The van der Waals surface area contributed by atoms with E-state index in [1.807, 2.05) is 49.4 Å². The molecule has 1 amide bonds. The molecule has 2 rings (SSSR count). The summed E-state index contributed by atoms with van der Waals surface area (Å²) >= 11 is 5.83. The molecule has 0 aromatic heterocycles. The van der Waals surface area contributed by atoms with Gasteiger partial charge in [0.05, 0.1) is 5.71 Å². The molecule has 0 aliphatic carbocycles. The molecule has 0 fully saturated rings. The van der Waals surface area contributed by atoms with E-state index < -0.39 is 0 Å². The second kappa shape index (κ2) is 7.60. The molecule has 3 nitrogen and oxygen atoms in total. The molecular weight excluding hydrogens is 284 g/mol. The lowest BCUT2D eigenvalue weighted by Gasteiger charge is -2.03. The van der Waals surface area contributed by atoms with Crippen LogP contribution in [0.1, 0.15) is 24.5 Å². The maximum Gasteiger partial charge on any atom is 0.240 e. The number of benzene rings is 2. The topological polar surface area (TPSA) is 41.5 Å². The summed E-state index contributed by atoms with van der Waals surface area (Å²) in [6.45, 7) is 1.85. The smallest absolute Gasteiger partial charge is 0.240 e. The number of amides is 1. The average Bonchev–Trinajstić information content (AvgIpc) is 2.52. The molecule has 0 saturated heterocycles. The van der Waals surface area contributed by atoms with Gasteiger partial charge in [0, 0.05) is 11.4 Å². The highest BCUT2D eigenvalue weighted by molar-refractivity contribution is 6.30. The van der Waals surface area contributed by atoms with Crippen LogP contribution in [-0.4, -0.2) is 11.6 Å². The van der Waals surface area contributed by atoms with Crippen LogP contribution in [0.4, 0.5) is 0 Å². The van der Waals surface area contributed by atoms with Gasteiger partial charge in [-0.1, -0.05) is 54.1 Å². The first-order valence-electron chi connectivity index (χ1n) is 6.78. The monoisotopic (exact) mass is 300 g/mol. The van der Waals surface area contributed by atoms with E-state index in [1.165, 1.54) is 0 Å². The second-order valence-corrected chi connectivity index (χ2v) is 5.16. The van der Waals surface area contributed by atoms with Crippen molar-refractivity contribution in [2.24, 2.45) is 5.10 Å². The fourth-order valence-corrected chi connectivity index (χ4v) is 1.99. The van der Waals surface area contributed by atoms with Crippen LogP contribution in [0, 0.1) is 0 Å². The lowest BCUT2D eigenvalue weighted by atomic mass is 10.1. The standard InChI is InChI=1S/C17H17ClN2O/c1-13(15-8-10-16(18)11-9-15)19-20-17(21)12-7-14-5-3-2-4-6-14/h2-6,8-11H,7,12H2,1H3,(H,20,21)/b19-13-. The third-order valence-corrected chi connectivity index (χ3v) is 3.35. The van der Waals surface area contributed by atoms with Gasteiger partial charge in [-0.3, -0.25) is 4.79 Å². The van der Waals surface area contributed by atoms with Crippen LogP contribution < -0.4 is 5.43 Å². The lowest BCUT2D eigenvalue weighted by Crippen LogP contribution is -2.19. The van der Waals surface area contributed by atoms with Crippen molar-refractivity contribution in [3.05, 3.63) is 70.7 Å². The largest absolute Gasteiger partial charge is 0.273 e. The summed E-state index contributed by atoms with van der Waals surface area (Å²) in [4.78, 5) is 11.8. The molecule has 0 aliphatic heterocycles. The number of carbonyl (C=O) groups excluding carboxylic acids is 1. The first kappa shape index (κ1) is 15.3. The number of hydrogen-bond acceptors (Lipinski definition) is 2. The zero-order valence-electron chi connectivity index (χ0n) is 11.8. The van der Waals surface area contributed by atoms with Gasteiger partial charge in [-0.05, 0) is 36.6 Å². The fourth-order valence-electron chi connectivity index (χ4n) is 1.86. The third-order valence-electron chi connectivity index (χ3n) is 3.09. The number of carbonyl (C=O) groups is 1. The summed E-state index contributed by atoms with van der Waals surface area (Å²) in [6.07, 6.45) is 1.13. The molecule has 0 heterocycles. The van der Waals surface area contributed by atoms with Crippen LogP contribution >= 0.6 is 11.6 Å². The quantitative estimate of drug-likeness (QED) is 0.662. The number of hydrogen-bond donors (Lipinski definition) is 1. The van der Waals surface area contributed by atoms with Gasteiger partial charge < -0.3 is 0 Å². The van der Waals surface area contributed by atoms with Crippen LogP contribution in [0.5, 0.6) is 0 Å². The van der Waals surface area contributed by atoms with Crippen molar-refractivity contribution >= 4 is 23.2 Å². The summed E-state index contributed by atoms with van der Waals surface area (Å²) in [7, 11) is 0. The molecule has 0 spiro atoms. The number of hydrazone groups is 1. The Balaban J connectivity index is 1.85. The molecule has 108 valence electrons. The predicted octanol–water partition coefficient (Wildman–Crippen LogP) is 3.81. The van der Waals surface area contributed by atoms with Crippen LogP contribution in [0.25, 0.3) is 0 Å². The van der Waals surface area contributed by atoms with Crippen molar-refractivity contribution in [3.63, 3.8) is 0 Å². The first-order chi connectivity index (χ1) is 10.1. The van der Waals surface area contributed by atoms with Gasteiger partial charge in [0.1, 0.15) is 0 Å². The van der Waals surface area contributed by atoms with Crippen molar-refractivity contribution in [3.8, 4) is 0 Å². The summed E-state index contributed by atoms with van der Waals surface area (Å²) in [5, 5.41) is 4.79. The minimum absolute atomic E-state index is 0.0906. The Morgan fingerprint density at radius 2 is 1.76 bits per heavy atom. The molecule has 0 radical (unpaired) electrons. The van der Waals surface area contributed by atoms with Crippen molar-refractivity contribution < 1.29 is 4.79 Å². The van der Waals surface area contributed by atoms with Crippen molar-refractivity contribution in [2.45, 2.75) is 19.8 Å². The van der Waals surface area contributed by atoms with Gasteiger partial charge >= 0.3 is 0 Å². The Labute approximate surface area is 129 Å². The summed E-state index contributed by atoms with van der Waals surface area (Å²) < 4.78 is 0. The van der Waals surface area contributed by atoms with Crippen molar-refractivity contribution in [2.75, 3.05) is 0 Å². The van der Waals surface area contributed by atoms with E-state index in [0.29, 0.717) is 17.9 Å². The molecule has 4 heteroatoms. The Kier molecular flexibility index (Phi) is 5.52. The first-order valence-corrected chi connectivity index (χ1v) is 7.16. The highest BCUT2D eigenvalue weighted by Gasteiger charge is 2.02. The van der Waals surface area contributed by atoms with Gasteiger partial charge in [0.15, 0.2) is 0 Å². The number of halogens is 1. The fraction of sp³-hybridized carbons (Fsp3) is 0.176. The Morgan fingerprint density at radius 1 is 1.10 bits per heavy atom. The van der Waals surface area contributed by atoms with Crippen molar-refractivity contribution in [1.29, 1.82) is 0 Å². The normalized spacial score (nSPS) is 11.2. The van der Waals surface area contributed by atoms with Crippen LogP contribution in [0.3, 0.4) is 0 Å². The molecule has 0 unspecified atom stereocenters. The summed E-state index contributed by atoms with van der Waals surface area (Å²) in [5.74, 6) is -0.0906. The maximum absolute atomic E-state index is 11.8. The van der Waals surface area contributed by atoms with Crippen LogP contribution in [0.2, 0.25) is 5.02 Å². The van der Waals surface area contributed by atoms with E-state index in [9.17, 15) is 4.79 Å². The number of nitrogens with one attached hydrogen (secondary N) is 1. The zero-order chi connectivity index (χ0) is 15.1. The van der Waals surface area contributed by atoms with Gasteiger partial charge in [-0.2, -0.15) is 5.10 Å². The van der Waals surface area contributed by atoms with Crippen LogP contribution in [0.15, 0.2) is 59.7 Å². The summed E-state index contributed by atoms with van der Waals surface area (Å²) in [6, 6.07) is 17.3. The van der Waals surface area contributed by atoms with E-state index in [0.717, 1.165) is 16.8 Å². The Bertz CT molecular complexity index is 621. The Morgan fingerprint density at radius 3 is 2.43 bits per heavy atom. The van der Waals surface area contributed by atoms with Gasteiger partial charge in [-0.25, -0.2) is 5.43 Å². The van der Waals surface area contributed by atoms with Gasteiger partial charge in [-0.15, -0.1) is 0 Å². The number of aryl methyl sites for hydroxylation is 1. The van der Waals surface area contributed by atoms with E-state index in [1.54, 1.807) is 12.1 Å². The molecule has 2 aromatic rings. The maximum atomic E-state index is 11.8. The van der Waals surface area contributed by atoms with E-state index in [4.69, 9.17) is 11.6 Å². The molecule has 0 atom stereocenters. The molecule has 2 aromatic carbocycles.